The smallest absolute Gasteiger partial charge is 0.232 e. The van der Waals surface area contributed by atoms with E-state index >= 15 is 0 Å². The van der Waals surface area contributed by atoms with Gasteiger partial charge >= 0.3 is 0 Å². The fourth-order valence-electron chi connectivity index (χ4n) is 3.64. The summed E-state index contributed by atoms with van der Waals surface area (Å²) in [6.45, 7) is 6.49. The van der Waals surface area contributed by atoms with Crippen molar-refractivity contribution in [1.82, 2.24) is 0 Å². The first-order chi connectivity index (χ1) is 14.9. The summed E-state index contributed by atoms with van der Waals surface area (Å²) in [6.07, 6.45) is 1.71. The monoisotopic (exact) mass is 478 g/mol. The van der Waals surface area contributed by atoms with E-state index in [9.17, 15) is 4.79 Å². The molecule has 0 aromatic heterocycles. The summed E-state index contributed by atoms with van der Waals surface area (Å²) in [5, 5.41) is 0. The minimum Gasteiger partial charge on any atom is -0.496 e. The molecule has 0 atom stereocenters. The van der Waals surface area contributed by atoms with Crippen molar-refractivity contribution in [2.24, 2.45) is 0 Å². The molecule has 1 aliphatic heterocycles. The Morgan fingerprint density at radius 1 is 1.00 bits per heavy atom. The van der Waals surface area contributed by atoms with Crippen LogP contribution in [0.4, 0.5) is 0 Å². The Labute approximate surface area is 190 Å². The second kappa shape index (κ2) is 8.60. The molecule has 4 nitrogen and oxygen atoms in total. The van der Waals surface area contributed by atoms with Crippen LogP contribution in [0.2, 0.25) is 0 Å². The van der Waals surface area contributed by atoms with Gasteiger partial charge < -0.3 is 14.2 Å². The second-order valence-electron chi connectivity index (χ2n) is 7.66. The van der Waals surface area contributed by atoms with Crippen LogP contribution in [0, 0.1) is 20.8 Å². The van der Waals surface area contributed by atoms with Crippen molar-refractivity contribution in [3.05, 3.63) is 92.1 Å². The zero-order valence-electron chi connectivity index (χ0n) is 17.9. The summed E-state index contributed by atoms with van der Waals surface area (Å²) in [7, 11) is 1.60. The van der Waals surface area contributed by atoms with Crippen LogP contribution >= 0.6 is 15.9 Å². The number of aryl methyl sites for hydroxylation is 3. The van der Waals surface area contributed by atoms with E-state index in [1.54, 1.807) is 19.3 Å². The molecule has 0 amide bonds. The van der Waals surface area contributed by atoms with Crippen molar-refractivity contribution in [3.8, 4) is 17.2 Å². The summed E-state index contributed by atoms with van der Waals surface area (Å²) < 4.78 is 18.3. The maximum atomic E-state index is 13.0. The highest BCUT2D eigenvalue weighted by atomic mass is 79.9. The van der Waals surface area contributed by atoms with E-state index in [0.29, 0.717) is 29.4 Å². The highest BCUT2D eigenvalue weighted by Gasteiger charge is 2.30. The van der Waals surface area contributed by atoms with Gasteiger partial charge in [-0.05, 0) is 67.8 Å². The number of benzene rings is 3. The Morgan fingerprint density at radius 3 is 2.58 bits per heavy atom. The Kier molecular flexibility index (Phi) is 5.88. The second-order valence-corrected chi connectivity index (χ2v) is 8.57. The van der Waals surface area contributed by atoms with Gasteiger partial charge in [-0.25, -0.2) is 0 Å². The van der Waals surface area contributed by atoms with Crippen LogP contribution in [0.15, 0.2) is 58.8 Å². The lowest BCUT2D eigenvalue weighted by Gasteiger charge is -2.11. The van der Waals surface area contributed by atoms with Crippen molar-refractivity contribution in [2.45, 2.75) is 27.4 Å². The predicted octanol–water partition coefficient (Wildman–Crippen LogP) is 6.58. The van der Waals surface area contributed by atoms with Gasteiger partial charge in [0.1, 0.15) is 23.9 Å². The average Bonchev–Trinajstić information content (AvgIpc) is 3.04. The normalized spacial score (nSPS) is 13.8. The number of allylic oxidation sites excluding steroid dienone is 1. The molecule has 3 aromatic rings. The van der Waals surface area contributed by atoms with Gasteiger partial charge in [0.15, 0.2) is 5.76 Å². The quantitative estimate of drug-likeness (QED) is 0.388. The Balaban J connectivity index is 1.61. The first kappa shape index (κ1) is 21.2. The van der Waals surface area contributed by atoms with Gasteiger partial charge in [0.2, 0.25) is 5.78 Å². The van der Waals surface area contributed by atoms with Gasteiger partial charge in [-0.1, -0.05) is 39.7 Å². The third kappa shape index (κ3) is 4.37. The van der Waals surface area contributed by atoms with Crippen molar-refractivity contribution >= 4 is 27.8 Å². The van der Waals surface area contributed by atoms with Crippen molar-refractivity contribution < 1.29 is 19.0 Å². The first-order valence-electron chi connectivity index (χ1n) is 9.97. The molecule has 4 rings (SSSR count). The van der Waals surface area contributed by atoms with Gasteiger partial charge in [0, 0.05) is 16.1 Å². The molecule has 0 unspecified atom stereocenters. The molecule has 0 spiro atoms. The van der Waals surface area contributed by atoms with Gasteiger partial charge in [0.05, 0.1) is 12.7 Å². The molecule has 3 aromatic carbocycles. The molecule has 0 aliphatic carbocycles. The number of Topliss-reactive ketones (excluding diaryl/α,β-unsaturated/α-hetero) is 1. The van der Waals surface area contributed by atoms with Crippen LogP contribution in [0.1, 0.15) is 38.2 Å². The number of halogens is 1. The molecular formula is C26H23BrO4. The van der Waals surface area contributed by atoms with Crippen LogP contribution in [0.5, 0.6) is 17.2 Å². The molecule has 0 radical (unpaired) electrons. The third-order valence-electron chi connectivity index (χ3n) is 5.32. The summed E-state index contributed by atoms with van der Waals surface area (Å²) in [6, 6.07) is 15.6. The standard InChI is InChI=1S/C26H23BrO4/c1-15-5-6-16(2)19(9-15)14-30-21-10-17(3)25-23(13-21)31-24(26(25)28)12-18-11-20(27)7-8-22(18)29-4/h5-13H,14H2,1-4H3/b24-12-. The zero-order valence-corrected chi connectivity index (χ0v) is 19.5. The SMILES string of the molecule is COc1ccc(Br)cc1/C=C1\Oc2cc(OCc3cc(C)ccc3C)cc(C)c2C1=O. The van der Waals surface area contributed by atoms with Crippen molar-refractivity contribution in [1.29, 1.82) is 0 Å². The topological polar surface area (TPSA) is 44.8 Å². The van der Waals surface area contributed by atoms with E-state index in [0.717, 1.165) is 21.2 Å². The largest absolute Gasteiger partial charge is 0.496 e. The average molecular weight is 479 g/mol. The number of fused-ring (bicyclic) bond motifs is 1. The molecule has 1 heterocycles. The molecule has 158 valence electrons. The van der Waals surface area contributed by atoms with Crippen molar-refractivity contribution in [2.75, 3.05) is 7.11 Å². The number of carbonyl (C=O) groups excluding carboxylic acids is 1. The Hall–Kier alpha value is -3.05. The molecule has 0 N–H and O–H groups in total. The molecule has 0 saturated carbocycles. The summed E-state index contributed by atoms with van der Waals surface area (Å²) in [5.41, 5.74) is 5.67. The highest BCUT2D eigenvalue weighted by molar-refractivity contribution is 9.10. The van der Waals surface area contributed by atoms with Crippen LogP contribution in [-0.2, 0) is 6.61 Å². The Bertz CT molecular complexity index is 1210. The summed E-state index contributed by atoms with van der Waals surface area (Å²) in [4.78, 5) is 13.0. The van der Waals surface area contributed by atoms with Gasteiger partial charge in [-0.15, -0.1) is 0 Å². The fraction of sp³-hybridized carbons (Fsp3) is 0.192. The molecule has 0 saturated heterocycles. The van der Waals surface area contributed by atoms with E-state index in [1.165, 1.54) is 11.1 Å². The molecule has 0 bridgehead atoms. The third-order valence-corrected chi connectivity index (χ3v) is 5.81. The van der Waals surface area contributed by atoms with E-state index in [-0.39, 0.29) is 11.5 Å². The lowest BCUT2D eigenvalue weighted by atomic mass is 10.0. The van der Waals surface area contributed by atoms with Crippen LogP contribution in [0.25, 0.3) is 6.08 Å². The van der Waals surface area contributed by atoms with E-state index in [1.807, 2.05) is 31.2 Å². The first-order valence-corrected chi connectivity index (χ1v) is 10.8. The molecule has 31 heavy (non-hydrogen) atoms. The number of hydrogen-bond acceptors (Lipinski definition) is 4. The lowest BCUT2D eigenvalue weighted by molar-refractivity contribution is 0.101. The number of methoxy groups -OCH3 is 1. The van der Waals surface area contributed by atoms with E-state index in [4.69, 9.17) is 14.2 Å². The van der Waals surface area contributed by atoms with Gasteiger partial charge in [-0.2, -0.15) is 0 Å². The van der Waals surface area contributed by atoms with Gasteiger partial charge in [0.25, 0.3) is 0 Å². The molecule has 5 heteroatoms. The maximum Gasteiger partial charge on any atom is 0.232 e. The molecular weight excluding hydrogens is 456 g/mol. The minimum atomic E-state index is -0.143. The predicted molar refractivity (Wildman–Crippen MR) is 125 cm³/mol. The molecule has 0 fully saturated rings. The Morgan fingerprint density at radius 2 is 1.81 bits per heavy atom. The van der Waals surface area contributed by atoms with Crippen LogP contribution in [0.3, 0.4) is 0 Å². The summed E-state index contributed by atoms with van der Waals surface area (Å²) >= 11 is 3.46. The van der Waals surface area contributed by atoms with Gasteiger partial charge in [-0.3, -0.25) is 4.79 Å². The minimum absolute atomic E-state index is 0.143. The fourth-order valence-corrected chi connectivity index (χ4v) is 4.02. The summed E-state index contributed by atoms with van der Waals surface area (Å²) in [5.74, 6) is 1.97. The number of rotatable bonds is 5. The number of carbonyl (C=O) groups is 1. The zero-order chi connectivity index (χ0) is 22.1. The highest BCUT2D eigenvalue weighted by Crippen LogP contribution is 2.38. The number of ketones is 1. The lowest BCUT2D eigenvalue weighted by Crippen LogP contribution is -2.01. The number of ether oxygens (including phenoxy) is 3. The van der Waals surface area contributed by atoms with Crippen LogP contribution in [-0.4, -0.2) is 12.9 Å². The van der Waals surface area contributed by atoms with Crippen LogP contribution < -0.4 is 14.2 Å². The van der Waals surface area contributed by atoms with E-state index < -0.39 is 0 Å². The maximum absolute atomic E-state index is 13.0. The molecule has 1 aliphatic rings. The van der Waals surface area contributed by atoms with E-state index in [2.05, 4.69) is 48.0 Å². The number of hydrogen-bond donors (Lipinski definition) is 0. The van der Waals surface area contributed by atoms with Crippen molar-refractivity contribution in [3.63, 3.8) is 0 Å².